The number of hydrogen-bond acceptors (Lipinski definition) is 4. The summed E-state index contributed by atoms with van der Waals surface area (Å²) in [4.78, 5) is 47.7. The number of H-pyrrole nitrogens is 1. The third-order valence-electron chi connectivity index (χ3n) is 6.57. The molecule has 1 N–H and O–H groups in total. The summed E-state index contributed by atoms with van der Waals surface area (Å²) >= 11 is 0. The minimum Gasteiger partial charge on any atom is -0.336 e. The number of hydrogen-bond donors (Lipinski definition) is 1. The van der Waals surface area contributed by atoms with E-state index in [1.807, 2.05) is 27.7 Å². The van der Waals surface area contributed by atoms with Gasteiger partial charge in [-0.25, -0.2) is 9.78 Å². The van der Waals surface area contributed by atoms with E-state index in [-0.39, 0.29) is 17.9 Å². The molecule has 1 amide bonds. The highest BCUT2D eigenvalue weighted by atomic mass is 16.2. The highest BCUT2D eigenvalue weighted by molar-refractivity contribution is 5.77. The number of fused-ring (bicyclic) bond motifs is 1. The highest BCUT2D eigenvalue weighted by Crippen LogP contribution is 2.32. The second kappa shape index (κ2) is 10.4. The van der Waals surface area contributed by atoms with Crippen LogP contribution in [0.2, 0.25) is 0 Å². The highest BCUT2D eigenvalue weighted by Gasteiger charge is 2.30. The van der Waals surface area contributed by atoms with Gasteiger partial charge in [0.25, 0.3) is 5.56 Å². The number of rotatable bonds is 9. The quantitative estimate of drug-likeness (QED) is 0.522. The number of benzene rings is 1. The van der Waals surface area contributed by atoms with E-state index in [2.05, 4.69) is 37.9 Å². The molecule has 0 radical (unpaired) electrons. The van der Waals surface area contributed by atoms with Crippen LogP contribution in [0.15, 0.2) is 39.9 Å². The van der Waals surface area contributed by atoms with Crippen molar-refractivity contribution in [1.29, 1.82) is 0 Å². The fourth-order valence-electron chi connectivity index (χ4n) is 4.94. The first-order valence-electron chi connectivity index (χ1n) is 12.5. The molecule has 0 unspecified atom stereocenters. The summed E-state index contributed by atoms with van der Waals surface area (Å²) in [5.41, 5.74) is 1.18. The molecule has 0 saturated carbocycles. The van der Waals surface area contributed by atoms with Crippen molar-refractivity contribution in [2.24, 2.45) is 5.92 Å². The molecule has 4 rings (SSSR count). The van der Waals surface area contributed by atoms with Crippen molar-refractivity contribution in [2.45, 2.75) is 78.4 Å². The molecule has 8 heteroatoms. The third kappa shape index (κ3) is 4.86. The maximum atomic E-state index is 13.2. The van der Waals surface area contributed by atoms with E-state index in [9.17, 15) is 14.4 Å². The number of carbonyl (C=O) groups is 1. The topological polar surface area (TPSA) is 93.0 Å². The van der Waals surface area contributed by atoms with E-state index >= 15 is 0 Å². The van der Waals surface area contributed by atoms with E-state index in [0.29, 0.717) is 42.9 Å². The fraction of sp³-hybridized carbons (Fsp3) is 0.538. The maximum absolute atomic E-state index is 13.2. The van der Waals surface area contributed by atoms with Crippen LogP contribution in [-0.2, 0) is 24.3 Å². The minimum atomic E-state index is -0.425. The number of aromatic amines is 1. The lowest BCUT2D eigenvalue weighted by Crippen LogP contribution is -2.31. The predicted molar refractivity (Wildman–Crippen MR) is 133 cm³/mol. The number of carbonyl (C=O) groups excluding carboxylic acids is 1. The molecule has 1 aromatic carbocycles. The number of unbranched alkanes of at least 4 members (excludes halogenated alkanes) is 1. The second-order valence-corrected chi connectivity index (χ2v) is 9.63. The first-order valence-corrected chi connectivity index (χ1v) is 12.5. The van der Waals surface area contributed by atoms with Gasteiger partial charge in [0.15, 0.2) is 11.2 Å². The van der Waals surface area contributed by atoms with Gasteiger partial charge >= 0.3 is 5.69 Å². The van der Waals surface area contributed by atoms with Gasteiger partial charge in [-0.2, -0.15) is 0 Å². The van der Waals surface area contributed by atoms with Gasteiger partial charge in [0, 0.05) is 32.5 Å². The summed E-state index contributed by atoms with van der Waals surface area (Å²) in [5.74, 6) is 1.07. The molecule has 0 bridgehead atoms. The number of aryl methyl sites for hydroxylation is 2. The summed E-state index contributed by atoms with van der Waals surface area (Å²) in [6.07, 6.45) is 4.47. The fourth-order valence-corrected chi connectivity index (χ4v) is 4.94. The van der Waals surface area contributed by atoms with E-state index in [4.69, 9.17) is 4.98 Å². The van der Waals surface area contributed by atoms with Crippen LogP contribution in [0.1, 0.15) is 70.3 Å². The van der Waals surface area contributed by atoms with E-state index < -0.39 is 11.2 Å². The van der Waals surface area contributed by atoms with Gasteiger partial charge in [0.2, 0.25) is 5.91 Å². The lowest BCUT2D eigenvalue weighted by atomic mass is 10.0. The first kappa shape index (κ1) is 24.0. The van der Waals surface area contributed by atoms with Crippen LogP contribution in [0.5, 0.6) is 0 Å². The summed E-state index contributed by atoms with van der Waals surface area (Å²) < 4.78 is 3.47. The molecule has 2 aromatic heterocycles. The normalized spacial score (nSPS) is 16.1. The Bertz CT molecular complexity index is 1260. The summed E-state index contributed by atoms with van der Waals surface area (Å²) in [6, 6.07) is 10.3. The van der Waals surface area contributed by atoms with E-state index in [1.165, 1.54) is 5.56 Å². The van der Waals surface area contributed by atoms with Crippen LogP contribution in [-0.4, -0.2) is 36.5 Å². The number of likely N-dealkylation sites (tertiary alicyclic amines) is 1. The molecular formula is C26H35N5O3. The summed E-state index contributed by atoms with van der Waals surface area (Å²) in [7, 11) is 0. The summed E-state index contributed by atoms with van der Waals surface area (Å²) in [5, 5.41) is 0. The van der Waals surface area contributed by atoms with Gasteiger partial charge in [-0.1, -0.05) is 57.5 Å². The summed E-state index contributed by atoms with van der Waals surface area (Å²) in [6.45, 7) is 8.09. The van der Waals surface area contributed by atoms with Crippen molar-refractivity contribution in [3.63, 3.8) is 0 Å². The maximum Gasteiger partial charge on any atom is 0.330 e. The number of aromatic nitrogens is 4. The molecule has 3 aromatic rings. The van der Waals surface area contributed by atoms with Gasteiger partial charge in [-0.15, -0.1) is 0 Å². The smallest absolute Gasteiger partial charge is 0.330 e. The molecule has 1 saturated heterocycles. The second-order valence-electron chi connectivity index (χ2n) is 9.63. The molecule has 1 atom stereocenters. The molecule has 3 heterocycles. The lowest BCUT2D eigenvalue weighted by molar-refractivity contribution is -0.132. The Labute approximate surface area is 199 Å². The van der Waals surface area contributed by atoms with E-state index in [1.54, 1.807) is 4.57 Å². The van der Waals surface area contributed by atoms with Gasteiger partial charge in [-0.05, 0) is 30.7 Å². The Kier molecular flexibility index (Phi) is 7.34. The SMILES string of the molecule is CCCCn1c(=O)[nH]c(=O)c2c1nc(CCC(=O)N1CCC[C@@H]1c1ccccc1)n2CC(C)C. The van der Waals surface area contributed by atoms with Crippen molar-refractivity contribution in [1.82, 2.24) is 24.0 Å². The van der Waals surface area contributed by atoms with Crippen LogP contribution >= 0.6 is 0 Å². The third-order valence-corrected chi connectivity index (χ3v) is 6.57. The zero-order valence-electron chi connectivity index (χ0n) is 20.4. The Morgan fingerprint density at radius 1 is 1.18 bits per heavy atom. The van der Waals surface area contributed by atoms with Gasteiger partial charge in [0.05, 0.1) is 6.04 Å². The van der Waals surface area contributed by atoms with Crippen molar-refractivity contribution in [3.8, 4) is 0 Å². The molecule has 1 fully saturated rings. The average Bonchev–Trinajstić information content (AvgIpc) is 3.43. The van der Waals surface area contributed by atoms with Gasteiger partial charge in [0.1, 0.15) is 5.82 Å². The standard InChI is InChI=1S/C26H35N5O3/c1-4-5-15-30-24-23(25(33)28-26(30)34)31(17-18(2)3)21(27-24)13-14-22(32)29-16-9-12-20(29)19-10-7-6-8-11-19/h6-8,10-11,18,20H,4-5,9,12-17H2,1-3H3,(H,28,33,34)/t20-/m1/s1. The van der Waals surface area contributed by atoms with Crippen LogP contribution in [0.3, 0.4) is 0 Å². The van der Waals surface area contributed by atoms with Crippen molar-refractivity contribution in [2.75, 3.05) is 6.54 Å². The van der Waals surface area contributed by atoms with Crippen LogP contribution in [0.25, 0.3) is 11.2 Å². The van der Waals surface area contributed by atoms with Gasteiger partial charge in [-0.3, -0.25) is 19.1 Å². The Hall–Kier alpha value is -3.16. The number of amides is 1. The first-order chi connectivity index (χ1) is 16.4. The van der Waals surface area contributed by atoms with E-state index in [0.717, 1.165) is 32.2 Å². The number of imidazole rings is 1. The molecule has 0 aliphatic carbocycles. The average molecular weight is 466 g/mol. The van der Waals surface area contributed by atoms with Gasteiger partial charge < -0.3 is 9.47 Å². The van der Waals surface area contributed by atoms with Crippen LogP contribution in [0, 0.1) is 5.92 Å². The molecule has 1 aliphatic heterocycles. The zero-order chi connectivity index (χ0) is 24.2. The van der Waals surface area contributed by atoms with Crippen molar-refractivity contribution < 1.29 is 4.79 Å². The molecule has 1 aliphatic rings. The zero-order valence-corrected chi connectivity index (χ0v) is 20.4. The molecular weight excluding hydrogens is 430 g/mol. The largest absolute Gasteiger partial charge is 0.336 e. The lowest BCUT2D eigenvalue weighted by Gasteiger charge is -2.25. The molecule has 34 heavy (non-hydrogen) atoms. The Morgan fingerprint density at radius 2 is 1.94 bits per heavy atom. The predicted octanol–water partition coefficient (Wildman–Crippen LogP) is 3.64. The Morgan fingerprint density at radius 3 is 2.65 bits per heavy atom. The van der Waals surface area contributed by atoms with Crippen molar-refractivity contribution in [3.05, 3.63) is 62.6 Å². The monoisotopic (exact) mass is 465 g/mol. The van der Waals surface area contributed by atoms with Crippen molar-refractivity contribution >= 4 is 17.1 Å². The molecule has 182 valence electrons. The number of nitrogens with zero attached hydrogens (tertiary/aromatic N) is 4. The molecule has 0 spiro atoms. The Balaban J connectivity index is 1.63. The van der Waals surface area contributed by atoms with Crippen LogP contribution in [0.4, 0.5) is 0 Å². The van der Waals surface area contributed by atoms with Crippen LogP contribution < -0.4 is 11.2 Å². The minimum absolute atomic E-state index is 0.104. The number of nitrogens with one attached hydrogen (secondary N) is 1. The molecule has 8 nitrogen and oxygen atoms in total.